The largest absolute Gasteiger partial charge is 0.530 e. The number of hydrogen-bond donors (Lipinski definition) is 1. The van der Waals surface area contributed by atoms with Crippen molar-refractivity contribution in [3.05, 3.63) is 77.2 Å². The summed E-state index contributed by atoms with van der Waals surface area (Å²) in [6, 6.07) is 19.2. The van der Waals surface area contributed by atoms with Crippen molar-refractivity contribution in [2.24, 2.45) is 0 Å². The molecule has 382 valence electrons. The van der Waals surface area contributed by atoms with Crippen LogP contribution in [0.3, 0.4) is 0 Å². The molecule has 0 spiro atoms. The number of nitrogen functional groups attached to an aromatic ring is 1. The molecule has 70 heavy (non-hydrogen) atoms. The van der Waals surface area contributed by atoms with Gasteiger partial charge in [0.2, 0.25) is 5.60 Å². The first-order valence-electron chi connectivity index (χ1n) is 25.1. The summed E-state index contributed by atoms with van der Waals surface area (Å²) in [5.74, 6) is -0.152. The number of hydrogen-bond acceptors (Lipinski definition) is 15. The summed E-state index contributed by atoms with van der Waals surface area (Å²) >= 11 is 6.51. The number of nitriles is 2. The molecule has 0 radical (unpaired) electrons. The fourth-order valence-electron chi connectivity index (χ4n) is 8.76. The van der Waals surface area contributed by atoms with Crippen LogP contribution in [0.4, 0.5) is 5.82 Å². The molecule has 6 atom stereocenters. The van der Waals surface area contributed by atoms with Gasteiger partial charge in [-0.05, 0) is 70.5 Å². The van der Waals surface area contributed by atoms with E-state index >= 15 is 0 Å². The van der Waals surface area contributed by atoms with E-state index in [1.165, 1.54) is 95.9 Å². The minimum absolute atomic E-state index is 0.0138. The average molecular weight is 1010 g/mol. The van der Waals surface area contributed by atoms with Crippen molar-refractivity contribution >= 4 is 30.8 Å². The first kappa shape index (κ1) is 54.8. The molecule has 2 aromatic carbocycles. The van der Waals surface area contributed by atoms with Gasteiger partial charge in [-0.15, -0.1) is 0 Å². The summed E-state index contributed by atoms with van der Waals surface area (Å²) in [6.07, 6.45) is 17.8. The number of fused-ring (bicyclic) bond motifs is 2. The van der Waals surface area contributed by atoms with Crippen LogP contribution in [0.1, 0.15) is 155 Å². The van der Waals surface area contributed by atoms with Gasteiger partial charge in [-0.3, -0.25) is 9.05 Å². The van der Waals surface area contributed by atoms with Gasteiger partial charge in [0.15, 0.2) is 11.6 Å². The van der Waals surface area contributed by atoms with Gasteiger partial charge in [0.1, 0.15) is 72.3 Å². The number of phosphoric ester groups is 1. The van der Waals surface area contributed by atoms with Gasteiger partial charge in [0.25, 0.3) is 0 Å². The standard InChI is InChI=1S/C52H72ClN6O10P/c1-6-7-8-9-10-11-12-13-14-15-16-17-18-19-20-23-30-61-33-41(65-40-27-26-39(32-54)46(31-40)64-38(2)3)34-62-70(60,69-45-25-22-21-24-42(45)53)63-36-52(35-55)49-48(66-51(4,5)68-49)47(67-52)43-28-29-44-50(56)57-37-58-59(43)44/h21-22,24-29,31,37-38,41,47-49H,6-20,23,30,33-34,36H2,1-5H3,(H2,56,57,58)/t41-,47+,48+,49+,52-,70?/m1/s1. The van der Waals surface area contributed by atoms with E-state index in [2.05, 4.69) is 29.1 Å². The zero-order valence-corrected chi connectivity index (χ0v) is 43.2. The topological polar surface area (TPSA) is 204 Å². The van der Waals surface area contributed by atoms with E-state index in [0.29, 0.717) is 34.9 Å². The van der Waals surface area contributed by atoms with Gasteiger partial charge in [-0.25, -0.2) is 14.1 Å². The van der Waals surface area contributed by atoms with Crippen LogP contribution in [0.5, 0.6) is 17.2 Å². The van der Waals surface area contributed by atoms with Gasteiger partial charge < -0.3 is 38.7 Å². The summed E-state index contributed by atoms with van der Waals surface area (Å²) in [5, 5.41) is 25.2. The first-order chi connectivity index (χ1) is 33.8. The summed E-state index contributed by atoms with van der Waals surface area (Å²) in [4.78, 5) is 4.08. The van der Waals surface area contributed by atoms with Gasteiger partial charge in [-0.2, -0.15) is 15.6 Å². The van der Waals surface area contributed by atoms with Crippen LogP contribution in [-0.4, -0.2) is 76.8 Å². The Balaban J connectivity index is 1.11. The Kier molecular flexibility index (Phi) is 21.0. The van der Waals surface area contributed by atoms with Crippen LogP contribution in [0, 0.1) is 22.7 Å². The molecule has 2 aliphatic heterocycles. The van der Waals surface area contributed by atoms with Crippen LogP contribution in [0.25, 0.3) is 5.52 Å². The molecule has 0 aliphatic carbocycles. The Morgan fingerprint density at radius 3 is 2.14 bits per heavy atom. The summed E-state index contributed by atoms with van der Waals surface area (Å²) < 4.78 is 72.5. The minimum Gasteiger partial charge on any atom is -0.489 e. The highest BCUT2D eigenvalue weighted by molar-refractivity contribution is 7.49. The molecule has 2 N–H and O–H groups in total. The second kappa shape index (κ2) is 26.8. The number of para-hydroxylation sites is 1. The van der Waals surface area contributed by atoms with Crippen molar-refractivity contribution in [1.29, 1.82) is 10.5 Å². The smallest absolute Gasteiger partial charge is 0.489 e. The number of rotatable bonds is 32. The molecular formula is C52H72ClN6O10P. The van der Waals surface area contributed by atoms with Crippen LogP contribution in [0.2, 0.25) is 5.02 Å². The number of aromatic nitrogens is 3. The number of anilines is 1. The molecule has 2 aromatic heterocycles. The van der Waals surface area contributed by atoms with Crippen LogP contribution < -0.4 is 19.7 Å². The van der Waals surface area contributed by atoms with Crippen molar-refractivity contribution in [2.75, 3.05) is 32.2 Å². The molecule has 2 aliphatic rings. The Labute approximate surface area is 418 Å². The Morgan fingerprint density at radius 2 is 1.50 bits per heavy atom. The van der Waals surface area contributed by atoms with Crippen LogP contribution >= 0.6 is 19.4 Å². The summed E-state index contributed by atoms with van der Waals surface area (Å²) in [5.41, 5.74) is 5.64. The molecule has 18 heteroatoms. The van der Waals surface area contributed by atoms with E-state index in [1.54, 1.807) is 66.9 Å². The van der Waals surface area contributed by atoms with E-state index in [0.717, 1.165) is 19.3 Å². The van der Waals surface area contributed by atoms with E-state index in [4.69, 9.17) is 59.3 Å². The third kappa shape index (κ3) is 15.5. The predicted octanol–water partition coefficient (Wildman–Crippen LogP) is 12.4. The van der Waals surface area contributed by atoms with Crippen molar-refractivity contribution in [3.63, 3.8) is 0 Å². The maximum Gasteiger partial charge on any atom is 0.530 e. The van der Waals surface area contributed by atoms with Gasteiger partial charge in [0, 0.05) is 12.7 Å². The van der Waals surface area contributed by atoms with Crippen LogP contribution in [-0.2, 0) is 32.6 Å². The van der Waals surface area contributed by atoms with Gasteiger partial charge in [0.05, 0.1) is 35.6 Å². The molecule has 0 bridgehead atoms. The van der Waals surface area contributed by atoms with E-state index < -0.39 is 50.2 Å². The lowest BCUT2D eigenvalue weighted by molar-refractivity contribution is -0.204. The normalized spacial score (nSPS) is 20.7. The average Bonchev–Trinajstić information content (AvgIpc) is 4.00. The zero-order chi connectivity index (χ0) is 50.0. The predicted molar refractivity (Wildman–Crippen MR) is 267 cm³/mol. The molecule has 1 unspecified atom stereocenters. The zero-order valence-electron chi connectivity index (χ0n) is 41.5. The Morgan fingerprint density at radius 1 is 0.829 bits per heavy atom. The number of halogens is 1. The molecule has 0 amide bonds. The summed E-state index contributed by atoms with van der Waals surface area (Å²) in [7, 11) is -4.71. The number of nitrogens with zero attached hydrogens (tertiary/aromatic N) is 5. The highest BCUT2D eigenvalue weighted by Crippen LogP contribution is 2.55. The van der Waals surface area contributed by atoms with Crippen molar-refractivity contribution in [2.45, 2.75) is 179 Å². The van der Waals surface area contributed by atoms with E-state index in [-0.39, 0.29) is 35.9 Å². The molecular weight excluding hydrogens is 935 g/mol. The summed E-state index contributed by atoms with van der Waals surface area (Å²) in [6.45, 7) is 8.95. The lowest BCUT2D eigenvalue weighted by atomic mass is 9.96. The number of unbranched alkanes of at least 4 members (excludes halogenated alkanes) is 15. The minimum atomic E-state index is -4.71. The van der Waals surface area contributed by atoms with Crippen molar-refractivity contribution in [3.8, 4) is 29.4 Å². The number of nitrogens with two attached hydrogens (primary N) is 1. The molecule has 0 saturated carbocycles. The molecule has 16 nitrogen and oxygen atoms in total. The third-order valence-electron chi connectivity index (χ3n) is 12.3. The second-order valence-electron chi connectivity index (χ2n) is 18.9. The Hall–Kier alpha value is -4.48. The lowest BCUT2D eigenvalue weighted by Gasteiger charge is -2.30. The molecule has 2 saturated heterocycles. The Bertz CT molecular complexity index is 2390. The number of benzene rings is 2. The SMILES string of the molecule is CCCCCCCCCCCCCCCCCCOC[C@H](COP(=O)(OC[C@@]1(C#N)O[C@@H](c2ccc3c(N)ncnn23)[C@@H]2OC(C)(C)O[C@@H]21)Oc1ccccc1Cl)Oc1ccc(C#N)c(OC(C)C)c1. The fraction of sp³-hybridized carbons (Fsp3) is 0.615. The van der Waals surface area contributed by atoms with Gasteiger partial charge >= 0.3 is 7.82 Å². The maximum absolute atomic E-state index is 15.0. The molecule has 2 fully saturated rings. The van der Waals surface area contributed by atoms with E-state index in [9.17, 15) is 15.1 Å². The second-order valence-corrected chi connectivity index (χ2v) is 20.9. The van der Waals surface area contributed by atoms with E-state index in [1.807, 2.05) is 13.8 Å². The monoisotopic (exact) mass is 1010 g/mol. The molecule has 4 heterocycles. The molecule has 6 rings (SSSR count). The van der Waals surface area contributed by atoms with Crippen molar-refractivity contribution in [1.82, 2.24) is 14.6 Å². The number of ether oxygens (including phenoxy) is 6. The highest BCUT2D eigenvalue weighted by Gasteiger charge is 2.65. The maximum atomic E-state index is 15.0. The quantitative estimate of drug-likeness (QED) is 0.0357. The van der Waals surface area contributed by atoms with Gasteiger partial charge in [-0.1, -0.05) is 127 Å². The van der Waals surface area contributed by atoms with Crippen molar-refractivity contribution < 1.29 is 46.6 Å². The van der Waals surface area contributed by atoms with Crippen LogP contribution in [0.15, 0.2) is 60.9 Å². The fourth-order valence-corrected chi connectivity index (χ4v) is 10.3. The first-order valence-corrected chi connectivity index (χ1v) is 26.9. The third-order valence-corrected chi connectivity index (χ3v) is 13.9. The lowest BCUT2D eigenvalue weighted by Crippen LogP contribution is -2.46. The number of phosphoric acid groups is 1. The molecule has 4 aromatic rings. The highest BCUT2D eigenvalue weighted by atomic mass is 35.5.